The van der Waals surface area contributed by atoms with E-state index in [1.54, 1.807) is 11.8 Å². The van der Waals surface area contributed by atoms with Crippen molar-refractivity contribution in [1.82, 2.24) is 10.6 Å². The van der Waals surface area contributed by atoms with Crippen LogP contribution in [0.25, 0.3) is 0 Å². The van der Waals surface area contributed by atoms with Crippen molar-refractivity contribution in [3.05, 3.63) is 17.7 Å². The molecule has 2 N–H and O–H groups in total. The second kappa shape index (κ2) is 7.40. The highest BCUT2D eigenvalue weighted by Crippen LogP contribution is 2.36. The molecule has 0 unspecified atom stereocenters. The Hall–Kier alpha value is -1.40. The summed E-state index contributed by atoms with van der Waals surface area (Å²) < 4.78 is 11.2. The third-order valence-electron chi connectivity index (χ3n) is 2.92. The number of rotatable bonds is 6. The number of nitrogens with one attached hydrogen (secondary N) is 2. The number of ether oxygens (including phenoxy) is 2. The highest BCUT2D eigenvalue weighted by Gasteiger charge is 2.15. The Morgan fingerprint density at radius 3 is 2.65 bits per heavy atom. The molecule has 0 saturated carbocycles. The lowest BCUT2D eigenvalue weighted by Crippen LogP contribution is -2.33. The molecule has 1 aliphatic rings. The molecule has 0 fully saturated rings. The van der Waals surface area contributed by atoms with E-state index in [4.69, 9.17) is 9.47 Å². The third kappa shape index (κ3) is 3.80. The first-order valence-corrected chi connectivity index (χ1v) is 7.91. The molecule has 1 aliphatic heterocycles. The maximum atomic E-state index is 11.4. The molecule has 6 heteroatoms. The number of hydrogen-bond donors (Lipinski definition) is 2. The molecule has 0 radical (unpaired) electrons. The molecular formula is C14H20N2O3S. The molecule has 0 saturated heterocycles. The summed E-state index contributed by atoms with van der Waals surface area (Å²) in [6.45, 7) is 4.68. The number of thioether (sulfide) groups is 1. The first-order valence-electron chi connectivity index (χ1n) is 6.68. The zero-order valence-electron chi connectivity index (χ0n) is 11.8. The van der Waals surface area contributed by atoms with Gasteiger partial charge in [0.2, 0.25) is 5.91 Å². The summed E-state index contributed by atoms with van der Waals surface area (Å²) in [5.74, 6) is 1.59. The van der Waals surface area contributed by atoms with Crippen LogP contribution in [-0.4, -0.2) is 38.5 Å². The summed E-state index contributed by atoms with van der Waals surface area (Å²) in [4.78, 5) is 12.5. The zero-order valence-corrected chi connectivity index (χ0v) is 12.6. The molecule has 1 heterocycles. The van der Waals surface area contributed by atoms with Crippen molar-refractivity contribution in [3.63, 3.8) is 0 Å². The maximum absolute atomic E-state index is 11.4. The van der Waals surface area contributed by atoms with Crippen LogP contribution in [0.4, 0.5) is 0 Å². The smallest absolute Gasteiger partial charge is 0.233 e. The van der Waals surface area contributed by atoms with Crippen molar-refractivity contribution in [2.75, 3.05) is 32.6 Å². The minimum atomic E-state index is 0.00995. The van der Waals surface area contributed by atoms with Gasteiger partial charge in [-0.1, -0.05) is 0 Å². The van der Waals surface area contributed by atoms with Crippen molar-refractivity contribution in [2.45, 2.75) is 18.4 Å². The SMILES string of the molecule is CCNC(=O)CNCc1cc2c(cc1SC)OCCO2. The highest BCUT2D eigenvalue weighted by molar-refractivity contribution is 7.98. The number of likely N-dealkylation sites (N-methyl/N-ethyl adjacent to an activating group) is 1. The van der Waals surface area contributed by atoms with Crippen molar-refractivity contribution < 1.29 is 14.3 Å². The molecule has 1 aromatic rings. The Labute approximate surface area is 123 Å². The van der Waals surface area contributed by atoms with Gasteiger partial charge in [-0.15, -0.1) is 11.8 Å². The van der Waals surface area contributed by atoms with Gasteiger partial charge in [-0.25, -0.2) is 0 Å². The maximum Gasteiger partial charge on any atom is 0.233 e. The highest BCUT2D eigenvalue weighted by atomic mass is 32.2. The van der Waals surface area contributed by atoms with Crippen molar-refractivity contribution in [2.24, 2.45) is 0 Å². The fraction of sp³-hybridized carbons (Fsp3) is 0.500. The Bertz CT molecular complexity index is 480. The molecule has 1 aromatic carbocycles. The molecule has 5 nitrogen and oxygen atoms in total. The van der Waals surface area contributed by atoms with Crippen molar-refractivity contribution in [1.29, 1.82) is 0 Å². The van der Waals surface area contributed by atoms with Gasteiger partial charge < -0.3 is 20.1 Å². The largest absolute Gasteiger partial charge is 0.486 e. The lowest BCUT2D eigenvalue weighted by atomic mass is 10.2. The fourth-order valence-electron chi connectivity index (χ4n) is 2.01. The van der Waals surface area contributed by atoms with Crippen LogP contribution in [0.3, 0.4) is 0 Å². The quantitative estimate of drug-likeness (QED) is 0.777. The van der Waals surface area contributed by atoms with Crippen molar-refractivity contribution in [3.8, 4) is 11.5 Å². The van der Waals surface area contributed by atoms with E-state index in [2.05, 4.69) is 10.6 Å². The standard InChI is InChI=1S/C14H20N2O3S/c1-3-16-14(17)9-15-8-10-6-11-12(7-13(10)20-2)19-5-4-18-11/h6-7,15H,3-5,8-9H2,1-2H3,(H,16,17). The number of fused-ring (bicyclic) bond motifs is 1. The summed E-state index contributed by atoms with van der Waals surface area (Å²) in [6.07, 6.45) is 2.03. The Morgan fingerprint density at radius 2 is 2.00 bits per heavy atom. The number of carbonyl (C=O) groups is 1. The van der Waals surface area contributed by atoms with Crippen LogP contribution >= 0.6 is 11.8 Å². The van der Waals surface area contributed by atoms with Crippen LogP contribution in [-0.2, 0) is 11.3 Å². The second-order valence-corrected chi connectivity index (χ2v) is 5.21. The van der Waals surface area contributed by atoms with Crippen LogP contribution in [0.15, 0.2) is 17.0 Å². The average molecular weight is 296 g/mol. The number of hydrogen-bond acceptors (Lipinski definition) is 5. The molecule has 2 rings (SSSR count). The summed E-state index contributed by atoms with van der Waals surface area (Å²) in [7, 11) is 0. The Morgan fingerprint density at radius 1 is 1.30 bits per heavy atom. The zero-order chi connectivity index (χ0) is 14.4. The number of benzene rings is 1. The number of amides is 1. The van der Waals surface area contributed by atoms with Gasteiger partial charge in [-0.05, 0) is 30.9 Å². The molecule has 20 heavy (non-hydrogen) atoms. The van der Waals surface area contributed by atoms with Crippen LogP contribution in [0.1, 0.15) is 12.5 Å². The van der Waals surface area contributed by atoms with E-state index in [1.165, 1.54) is 0 Å². The normalized spacial score (nSPS) is 13.1. The molecule has 0 aromatic heterocycles. The van der Waals surface area contributed by atoms with Crippen LogP contribution < -0.4 is 20.1 Å². The predicted octanol–water partition coefficient (Wildman–Crippen LogP) is 1.41. The van der Waals surface area contributed by atoms with E-state index >= 15 is 0 Å². The van der Waals surface area contributed by atoms with Gasteiger partial charge in [0.15, 0.2) is 11.5 Å². The lowest BCUT2D eigenvalue weighted by Gasteiger charge is -2.20. The van der Waals surface area contributed by atoms with Crippen molar-refractivity contribution >= 4 is 17.7 Å². The van der Waals surface area contributed by atoms with Gasteiger partial charge in [0.05, 0.1) is 6.54 Å². The Balaban J connectivity index is 2.01. The van der Waals surface area contributed by atoms with E-state index in [-0.39, 0.29) is 5.91 Å². The summed E-state index contributed by atoms with van der Waals surface area (Å²) in [5.41, 5.74) is 1.12. The third-order valence-corrected chi connectivity index (χ3v) is 3.74. The molecule has 0 atom stereocenters. The van der Waals surface area contributed by atoms with Gasteiger partial charge in [0, 0.05) is 18.0 Å². The van der Waals surface area contributed by atoms with Gasteiger partial charge in [-0.3, -0.25) is 4.79 Å². The summed E-state index contributed by atoms with van der Waals surface area (Å²) >= 11 is 1.66. The monoisotopic (exact) mass is 296 g/mol. The number of carbonyl (C=O) groups excluding carboxylic acids is 1. The Kier molecular flexibility index (Phi) is 5.55. The van der Waals surface area contributed by atoms with Crippen LogP contribution in [0.5, 0.6) is 11.5 Å². The summed E-state index contributed by atoms with van der Waals surface area (Å²) in [5, 5.41) is 5.91. The first-order chi connectivity index (χ1) is 9.74. The molecule has 0 bridgehead atoms. The van der Waals surface area contributed by atoms with E-state index in [0.717, 1.165) is 22.0 Å². The fourth-order valence-corrected chi connectivity index (χ4v) is 2.63. The van der Waals surface area contributed by atoms with Gasteiger partial charge >= 0.3 is 0 Å². The van der Waals surface area contributed by atoms with Crippen LogP contribution in [0, 0.1) is 0 Å². The molecule has 0 spiro atoms. The van der Waals surface area contributed by atoms with E-state index < -0.39 is 0 Å². The summed E-state index contributed by atoms with van der Waals surface area (Å²) in [6, 6.07) is 3.99. The molecule has 1 amide bonds. The first kappa shape index (κ1) is 15.0. The van der Waals surface area contributed by atoms with Gasteiger partial charge in [0.25, 0.3) is 0 Å². The second-order valence-electron chi connectivity index (χ2n) is 4.36. The van der Waals surface area contributed by atoms with Gasteiger partial charge in [0.1, 0.15) is 13.2 Å². The molecule has 0 aliphatic carbocycles. The molecular weight excluding hydrogens is 276 g/mol. The topological polar surface area (TPSA) is 59.6 Å². The molecule has 110 valence electrons. The van der Waals surface area contributed by atoms with E-state index in [1.807, 2.05) is 25.3 Å². The lowest BCUT2D eigenvalue weighted by molar-refractivity contribution is -0.120. The average Bonchev–Trinajstić information content (AvgIpc) is 2.46. The van der Waals surface area contributed by atoms with Gasteiger partial charge in [-0.2, -0.15) is 0 Å². The minimum Gasteiger partial charge on any atom is -0.486 e. The van der Waals surface area contributed by atoms with E-state index in [9.17, 15) is 4.79 Å². The van der Waals surface area contributed by atoms with E-state index in [0.29, 0.717) is 32.8 Å². The van der Waals surface area contributed by atoms with Crippen LogP contribution in [0.2, 0.25) is 0 Å². The minimum absolute atomic E-state index is 0.00995. The predicted molar refractivity (Wildman–Crippen MR) is 79.6 cm³/mol.